The van der Waals surface area contributed by atoms with E-state index in [0.29, 0.717) is 48.1 Å². The van der Waals surface area contributed by atoms with Gasteiger partial charge in [0.1, 0.15) is 12.4 Å². The van der Waals surface area contributed by atoms with Crippen LogP contribution >= 0.6 is 0 Å². The maximum absolute atomic E-state index is 14.7. The van der Waals surface area contributed by atoms with Crippen molar-refractivity contribution in [2.75, 3.05) is 25.9 Å². The number of nitrogens with one attached hydrogen (secondary N) is 3. The Morgan fingerprint density at radius 1 is 1.18 bits per heavy atom. The summed E-state index contributed by atoms with van der Waals surface area (Å²) in [6, 6.07) is 10.3. The number of nitrogens with zero attached hydrogens (tertiary/aromatic N) is 1. The molecular formula is C28H35FN5O4S+. The number of carbonyl (C=O) groups excluding carboxylic acids is 2. The maximum atomic E-state index is 14.7. The molecule has 0 aliphatic carbocycles. The predicted octanol–water partition coefficient (Wildman–Crippen LogP) is 2.20. The quantitative estimate of drug-likeness (QED) is 0.344. The summed E-state index contributed by atoms with van der Waals surface area (Å²) >= 11 is 0. The lowest BCUT2D eigenvalue weighted by atomic mass is 9.75. The van der Waals surface area contributed by atoms with Gasteiger partial charge >= 0.3 is 15.9 Å². The number of aromatic nitrogens is 1. The molecule has 3 aromatic rings. The van der Waals surface area contributed by atoms with Gasteiger partial charge in [0.25, 0.3) is 0 Å². The van der Waals surface area contributed by atoms with Crippen LogP contribution in [0.15, 0.2) is 48.7 Å². The Kier molecular flexibility index (Phi) is 6.69. The van der Waals surface area contributed by atoms with Gasteiger partial charge < -0.3 is 21.4 Å². The number of hydrogen-bond acceptors (Lipinski definition) is 6. The number of quaternary nitrogens is 1. The van der Waals surface area contributed by atoms with Crippen LogP contribution in [0.1, 0.15) is 37.8 Å². The topological polar surface area (TPSA) is 134 Å². The van der Waals surface area contributed by atoms with Gasteiger partial charge in [0, 0.05) is 35.2 Å². The first-order valence-electron chi connectivity index (χ1n) is 13.1. The van der Waals surface area contributed by atoms with Crippen molar-refractivity contribution in [3.05, 3.63) is 65.6 Å². The molecular weight excluding hydrogens is 521 g/mol. The highest BCUT2D eigenvalue weighted by molar-refractivity contribution is 7.90. The van der Waals surface area contributed by atoms with Gasteiger partial charge in [-0.25, -0.2) is 9.18 Å². The number of aromatic amines is 1. The predicted molar refractivity (Wildman–Crippen MR) is 149 cm³/mol. The molecule has 1 aromatic heterocycles. The number of para-hydroxylation sites is 1. The summed E-state index contributed by atoms with van der Waals surface area (Å²) in [7, 11) is -4.08. The van der Waals surface area contributed by atoms with Crippen LogP contribution in [0.3, 0.4) is 0 Å². The highest BCUT2D eigenvalue weighted by Gasteiger charge is 2.63. The normalized spacial score (nSPS) is 21.6. The molecule has 5 N–H and O–H groups in total. The molecule has 1 saturated heterocycles. The fourth-order valence-electron chi connectivity index (χ4n) is 6.16. The molecule has 1 fully saturated rings. The number of amides is 2. The zero-order chi connectivity index (χ0) is 28.2. The van der Waals surface area contributed by atoms with Gasteiger partial charge in [-0.05, 0) is 63.5 Å². The largest absolute Gasteiger partial charge is 0.361 e. The first kappa shape index (κ1) is 27.4. The average molecular weight is 557 g/mol. The summed E-state index contributed by atoms with van der Waals surface area (Å²) in [5, 5.41) is 6.64. The van der Waals surface area contributed by atoms with Crippen LogP contribution < -0.4 is 20.3 Å². The minimum atomic E-state index is -4.08. The highest BCUT2D eigenvalue weighted by atomic mass is 32.2. The Labute approximate surface area is 227 Å². The van der Waals surface area contributed by atoms with Gasteiger partial charge in [0.2, 0.25) is 5.91 Å². The lowest BCUT2D eigenvalue weighted by molar-refractivity contribution is -0.134. The van der Waals surface area contributed by atoms with Crippen molar-refractivity contribution in [3.8, 4) is 0 Å². The average Bonchev–Trinajstić information content (AvgIpc) is 3.40. The first-order chi connectivity index (χ1) is 18.3. The van der Waals surface area contributed by atoms with Crippen LogP contribution in [0.2, 0.25) is 0 Å². The molecule has 5 rings (SSSR count). The number of rotatable bonds is 6. The molecule has 2 aliphatic rings. The maximum Gasteiger partial charge on any atom is 0.356 e. The minimum absolute atomic E-state index is 0.0453. The molecule has 3 heterocycles. The Bertz CT molecular complexity index is 1560. The molecule has 0 saturated carbocycles. The van der Waals surface area contributed by atoms with Crippen LogP contribution in [0, 0.1) is 5.82 Å². The smallest absolute Gasteiger partial charge is 0.356 e. The van der Waals surface area contributed by atoms with Gasteiger partial charge in [0.15, 0.2) is 11.7 Å². The van der Waals surface area contributed by atoms with Gasteiger partial charge in [-0.2, -0.15) is 8.42 Å². The van der Waals surface area contributed by atoms with E-state index in [1.165, 1.54) is 26.0 Å². The van der Waals surface area contributed by atoms with Crippen molar-refractivity contribution < 1.29 is 22.4 Å². The second kappa shape index (κ2) is 9.51. The fraction of sp³-hybridized carbons (Fsp3) is 0.429. The molecule has 1 spiro atoms. The van der Waals surface area contributed by atoms with Gasteiger partial charge in [-0.1, -0.05) is 18.2 Å². The minimum Gasteiger partial charge on any atom is -0.361 e. The van der Waals surface area contributed by atoms with Crippen molar-refractivity contribution in [3.63, 3.8) is 0 Å². The van der Waals surface area contributed by atoms with Crippen LogP contribution in [0.5, 0.6) is 0 Å². The van der Waals surface area contributed by atoms with Crippen molar-refractivity contribution in [2.24, 2.45) is 5.73 Å². The molecule has 0 radical (unpaired) electrons. The van der Waals surface area contributed by atoms with Crippen LogP contribution in [-0.4, -0.2) is 62.7 Å². The van der Waals surface area contributed by atoms with E-state index in [2.05, 4.69) is 15.6 Å². The number of nitrogens with two attached hydrogens (primary N) is 1. The summed E-state index contributed by atoms with van der Waals surface area (Å²) < 4.78 is 40.8. The van der Waals surface area contributed by atoms with E-state index in [0.717, 1.165) is 11.8 Å². The molecule has 2 amide bonds. The summed E-state index contributed by atoms with van der Waals surface area (Å²) in [5.74, 6) is -1.70. The van der Waals surface area contributed by atoms with E-state index in [1.807, 2.05) is 12.1 Å². The zero-order valence-electron chi connectivity index (χ0n) is 22.4. The van der Waals surface area contributed by atoms with Crippen LogP contribution in [0.4, 0.5) is 10.1 Å². The van der Waals surface area contributed by atoms with E-state index < -0.39 is 48.5 Å². The fourth-order valence-corrected chi connectivity index (χ4v) is 7.61. The standard InChI is InChI=1S/C28H34FN5O4S/c1-27(2,30)26(36)33-23(14-18-16-32-22-9-8-19(29)15-20(18)22)25(35)34(39(3,37)38)17-28(10-12-31-13-11-28)21-6-4-5-7-24(21)34/h4-9,15-16,23,31-32H,10-14,17,30H2,1-3H3/p+1/t23-,34?/m1/s1. The lowest BCUT2D eigenvalue weighted by Crippen LogP contribution is -2.67. The van der Waals surface area contributed by atoms with E-state index in [-0.39, 0.29) is 13.0 Å². The highest BCUT2D eigenvalue weighted by Crippen LogP contribution is 2.51. The summed E-state index contributed by atoms with van der Waals surface area (Å²) in [5.41, 5.74) is 6.75. The number of hydrogen-bond donors (Lipinski definition) is 4. The van der Waals surface area contributed by atoms with Crippen LogP contribution in [0.25, 0.3) is 10.9 Å². The molecule has 9 nitrogen and oxygen atoms in total. The number of fused-ring (bicyclic) bond motifs is 3. The number of carbonyl (C=O) groups is 2. The van der Waals surface area contributed by atoms with E-state index in [4.69, 9.17) is 5.73 Å². The molecule has 1 unspecified atom stereocenters. The second-order valence-corrected chi connectivity index (χ2v) is 13.6. The molecule has 11 heteroatoms. The van der Waals surface area contributed by atoms with Crippen molar-refractivity contribution >= 4 is 38.4 Å². The number of H-pyrrole nitrogens is 1. The third kappa shape index (κ3) is 4.57. The molecule has 2 aromatic carbocycles. The van der Waals surface area contributed by atoms with Crippen molar-refractivity contribution in [1.82, 2.24) is 19.5 Å². The Balaban J connectivity index is 1.66. The summed E-state index contributed by atoms with van der Waals surface area (Å²) in [4.78, 5) is 30.9. The third-order valence-corrected chi connectivity index (χ3v) is 9.85. The Morgan fingerprint density at radius 3 is 2.54 bits per heavy atom. The SMILES string of the molecule is CC(C)(N)C(=O)N[C@H](Cc1c[nH]c2ccc(F)cc12)C(=O)[N+]1(S(C)(=O)=O)CC2(CCNCC2)c2ccccc21. The van der Waals surface area contributed by atoms with Crippen molar-refractivity contribution in [2.45, 2.75) is 50.1 Å². The van der Waals surface area contributed by atoms with E-state index in [9.17, 15) is 22.4 Å². The van der Waals surface area contributed by atoms with Gasteiger partial charge in [-0.3, -0.25) is 4.79 Å². The number of sulfonamides is 1. The van der Waals surface area contributed by atoms with E-state index >= 15 is 0 Å². The Morgan fingerprint density at radius 2 is 1.87 bits per heavy atom. The Hall–Kier alpha value is -3.12. The van der Waals surface area contributed by atoms with Crippen LogP contribution in [-0.2, 0) is 31.4 Å². The van der Waals surface area contributed by atoms with Crippen molar-refractivity contribution in [1.29, 1.82) is 0 Å². The van der Waals surface area contributed by atoms with E-state index in [1.54, 1.807) is 24.4 Å². The molecule has 0 bridgehead atoms. The number of benzene rings is 2. The number of piperidine rings is 1. The number of halogens is 1. The molecule has 2 atom stereocenters. The molecule has 208 valence electrons. The summed E-state index contributed by atoms with van der Waals surface area (Å²) in [6.07, 6.45) is 4.05. The molecule has 39 heavy (non-hydrogen) atoms. The summed E-state index contributed by atoms with van der Waals surface area (Å²) in [6.45, 7) is 4.48. The zero-order valence-corrected chi connectivity index (χ0v) is 23.2. The monoisotopic (exact) mass is 556 g/mol. The first-order valence-corrected chi connectivity index (χ1v) is 14.9. The second-order valence-electron chi connectivity index (χ2n) is 11.5. The van der Waals surface area contributed by atoms with Gasteiger partial charge in [0.05, 0.1) is 17.2 Å². The molecule has 2 aliphatic heterocycles. The third-order valence-electron chi connectivity index (χ3n) is 8.21. The lowest BCUT2D eigenvalue weighted by Gasteiger charge is -2.37. The van der Waals surface area contributed by atoms with Gasteiger partial charge in [-0.15, -0.1) is 3.89 Å².